The standard InChI is InChI=1S/C33H32N4O5/c1-22-8-6-7-11-29(22)37(2)33(42)35-27-16-12-23(13-17-27)20-30(38)34-26-18-14-24(15-19-26)28(21-31(39)40)36-32(41)25-9-4-3-5-10-25/h3-19,28H,20-21H2,1-2H3,(H,34,38)(H,35,42)(H,36,41)(H,39,40). The van der Waals surface area contributed by atoms with Gasteiger partial charge in [0.1, 0.15) is 0 Å². The van der Waals surface area contributed by atoms with Crippen molar-refractivity contribution in [2.24, 2.45) is 0 Å². The summed E-state index contributed by atoms with van der Waals surface area (Å²) >= 11 is 0. The maximum absolute atomic E-state index is 12.7. The number of hydrogen-bond acceptors (Lipinski definition) is 4. The number of carboxylic acid groups (broad SMARTS) is 1. The third-order valence-electron chi connectivity index (χ3n) is 6.67. The van der Waals surface area contributed by atoms with Crippen molar-refractivity contribution in [1.82, 2.24) is 5.32 Å². The molecule has 0 radical (unpaired) electrons. The normalized spacial score (nSPS) is 11.2. The Morgan fingerprint density at radius 3 is 2.00 bits per heavy atom. The fourth-order valence-electron chi connectivity index (χ4n) is 4.41. The van der Waals surface area contributed by atoms with Crippen LogP contribution in [0.5, 0.6) is 0 Å². The summed E-state index contributed by atoms with van der Waals surface area (Å²) in [4.78, 5) is 50.9. The van der Waals surface area contributed by atoms with E-state index < -0.39 is 12.0 Å². The van der Waals surface area contributed by atoms with Crippen molar-refractivity contribution in [3.63, 3.8) is 0 Å². The van der Waals surface area contributed by atoms with Gasteiger partial charge in [0.15, 0.2) is 0 Å². The summed E-state index contributed by atoms with van der Waals surface area (Å²) in [6.07, 6.45) is -0.170. The van der Waals surface area contributed by atoms with Gasteiger partial charge >= 0.3 is 12.0 Å². The van der Waals surface area contributed by atoms with Crippen LogP contribution in [0.3, 0.4) is 0 Å². The molecule has 0 aromatic heterocycles. The van der Waals surface area contributed by atoms with Crippen molar-refractivity contribution in [1.29, 1.82) is 0 Å². The molecule has 0 heterocycles. The van der Waals surface area contributed by atoms with Gasteiger partial charge in [-0.15, -0.1) is 0 Å². The summed E-state index contributed by atoms with van der Waals surface area (Å²) in [5, 5.41) is 17.8. The molecule has 9 nitrogen and oxygen atoms in total. The number of rotatable bonds is 10. The van der Waals surface area contributed by atoms with Gasteiger partial charge in [-0.3, -0.25) is 19.3 Å². The first-order valence-corrected chi connectivity index (χ1v) is 13.4. The molecule has 4 rings (SSSR count). The number of nitrogens with zero attached hydrogens (tertiary/aromatic N) is 1. The summed E-state index contributed by atoms with van der Waals surface area (Å²) in [5.74, 6) is -1.66. The number of amides is 4. The lowest BCUT2D eigenvalue weighted by molar-refractivity contribution is -0.137. The van der Waals surface area contributed by atoms with Gasteiger partial charge in [-0.2, -0.15) is 0 Å². The Bertz CT molecular complexity index is 1550. The number of aliphatic carboxylic acids is 1. The van der Waals surface area contributed by atoms with E-state index >= 15 is 0 Å². The van der Waals surface area contributed by atoms with Crippen LogP contribution in [0.15, 0.2) is 103 Å². The van der Waals surface area contributed by atoms with E-state index in [1.165, 1.54) is 0 Å². The molecule has 1 atom stereocenters. The first-order chi connectivity index (χ1) is 20.2. The summed E-state index contributed by atoms with van der Waals surface area (Å²) in [6, 6.07) is 28.9. The molecule has 0 saturated carbocycles. The van der Waals surface area contributed by atoms with E-state index in [2.05, 4.69) is 16.0 Å². The fourth-order valence-corrected chi connectivity index (χ4v) is 4.41. The van der Waals surface area contributed by atoms with Crippen LogP contribution in [0.2, 0.25) is 0 Å². The lowest BCUT2D eigenvalue weighted by atomic mass is 10.0. The van der Waals surface area contributed by atoms with Gasteiger partial charge in [0, 0.05) is 29.7 Å². The summed E-state index contributed by atoms with van der Waals surface area (Å²) in [5.41, 5.74) is 4.74. The first kappa shape index (κ1) is 29.5. The molecule has 4 N–H and O–H groups in total. The zero-order chi connectivity index (χ0) is 30.1. The molecule has 42 heavy (non-hydrogen) atoms. The quantitative estimate of drug-likeness (QED) is 0.194. The highest BCUT2D eigenvalue weighted by Gasteiger charge is 2.19. The molecule has 1 unspecified atom stereocenters. The van der Waals surface area contributed by atoms with E-state index in [4.69, 9.17) is 0 Å². The molecule has 4 amide bonds. The molecule has 0 aliphatic heterocycles. The van der Waals surface area contributed by atoms with Gasteiger partial charge in [-0.1, -0.05) is 60.7 Å². The molecular weight excluding hydrogens is 532 g/mol. The second-order valence-corrected chi connectivity index (χ2v) is 9.81. The smallest absolute Gasteiger partial charge is 0.326 e. The lowest BCUT2D eigenvalue weighted by Crippen LogP contribution is -2.31. The second-order valence-electron chi connectivity index (χ2n) is 9.81. The number of anilines is 3. The van der Waals surface area contributed by atoms with Crippen molar-refractivity contribution in [2.45, 2.75) is 25.8 Å². The highest BCUT2D eigenvalue weighted by atomic mass is 16.4. The fraction of sp³-hybridized carbons (Fsp3) is 0.152. The molecule has 0 spiro atoms. The molecule has 0 aliphatic rings. The third-order valence-corrected chi connectivity index (χ3v) is 6.67. The van der Waals surface area contributed by atoms with Crippen LogP contribution >= 0.6 is 0 Å². The summed E-state index contributed by atoms with van der Waals surface area (Å²) in [7, 11) is 1.70. The Kier molecular flexibility index (Phi) is 9.68. The topological polar surface area (TPSA) is 128 Å². The minimum atomic E-state index is -1.05. The van der Waals surface area contributed by atoms with Crippen LogP contribution in [0.25, 0.3) is 0 Å². The molecular formula is C33H32N4O5. The Morgan fingerprint density at radius 1 is 0.762 bits per heavy atom. The van der Waals surface area contributed by atoms with Crippen molar-refractivity contribution in [3.8, 4) is 0 Å². The average molecular weight is 565 g/mol. The van der Waals surface area contributed by atoms with Gasteiger partial charge < -0.3 is 21.1 Å². The third kappa shape index (κ3) is 8.04. The molecule has 0 fully saturated rings. The number of carbonyl (C=O) groups excluding carboxylic acids is 3. The molecule has 4 aromatic rings. The Labute approximate surface area is 244 Å². The van der Waals surface area contributed by atoms with Gasteiger partial charge in [0.2, 0.25) is 5.91 Å². The predicted octanol–water partition coefficient (Wildman–Crippen LogP) is 5.79. The van der Waals surface area contributed by atoms with E-state index in [1.54, 1.807) is 90.8 Å². The number of hydrogen-bond donors (Lipinski definition) is 4. The van der Waals surface area contributed by atoms with E-state index in [0.717, 1.165) is 16.8 Å². The number of carboxylic acids is 1. The number of benzene rings is 4. The lowest BCUT2D eigenvalue weighted by Gasteiger charge is -2.20. The van der Waals surface area contributed by atoms with Crippen LogP contribution in [0.4, 0.5) is 21.9 Å². The second kappa shape index (κ2) is 13.8. The molecule has 214 valence electrons. The molecule has 0 bridgehead atoms. The van der Waals surface area contributed by atoms with Crippen LogP contribution in [0, 0.1) is 6.92 Å². The number of aryl methyl sites for hydroxylation is 1. The van der Waals surface area contributed by atoms with Crippen LogP contribution in [-0.2, 0) is 16.0 Å². The number of urea groups is 1. The highest BCUT2D eigenvalue weighted by Crippen LogP contribution is 2.22. The SMILES string of the molecule is Cc1ccccc1N(C)C(=O)Nc1ccc(CC(=O)Nc2ccc(C(CC(=O)O)NC(=O)c3ccccc3)cc2)cc1. The van der Waals surface area contributed by atoms with Crippen molar-refractivity contribution >= 4 is 40.9 Å². The molecule has 0 aliphatic carbocycles. The van der Waals surface area contributed by atoms with E-state index in [1.807, 2.05) is 31.2 Å². The molecule has 4 aromatic carbocycles. The van der Waals surface area contributed by atoms with Crippen molar-refractivity contribution < 1.29 is 24.3 Å². The molecule has 0 saturated heterocycles. The van der Waals surface area contributed by atoms with Crippen LogP contribution in [-0.4, -0.2) is 36.0 Å². The monoisotopic (exact) mass is 564 g/mol. The van der Waals surface area contributed by atoms with E-state index in [9.17, 15) is 24.3 Å². The van der Waals surface area contributed by atoms with E-state index in [-0.39, 0.29) is 30.7 Å². The van der Waals surface area contributed by atoms with Gasteiger partial charge in [-0.25, -0.2) is 4.79 Å². The number of nitrogens with one attached hydrogen (secondary N) is 3. The Morgan fingerprint density at radius 2 is 1.36 bits per heavy atom. The average Bonchev–Trinajstić information content (AvgIpc) is 2.98. The highest BCUT2D eigenvalue weighted by molar-refractivity contribution is 6.02. The van der Waals surface area contributed by atoms with Gasteiger partial charge in [-0.05, 0) is 66.1 Å². The minimum Gasteiger partial charge on any atom is -0.481 e. The minimum absolute atomic E-state index is 0.119. The van der Waals surface area contributed by atoms with E-state index in [0.29, 0.717) is 22.5 Å². The predicted molar refractivity (Wildman–Crippen MR) is 163 cm³/mol. The largest absolute Gasteiger partial charge is 0.481 e. The number of para-hydroxylation sites is 1. The van der Waals surface area contributed by atoms with Crippen LogP contribution in [0.1, 0.15) is 39.5 Å². The molecule has 9 heteroatoms. The number of carbonyl (C=O) groups is 4. The van der Waals surface area contributed by atoms with Crippen LogP contribution < -0.4 is 20.9 Å². The van der Waals surface area contributed by atoms with Gasteiger partial charge in [0.05, 0.1) is 18.9 Å². The Balaban J connectivity index is 1.32. The summed E-state index contributed by atoms with van der Waals surface area (Å²) in [6.45, 7) is 1.94. The zero-order valence-electron chi connectivity index (χ0n) is 23.3. The first-order valence-electron chi connectivity index (χ1n) is 13.4. The summed E-state index contributed by atoms with van der Waals surface area (Å²) < 4.78 is 0. The zero-order valence-corrected chi connectivity index (χ0v) is 23.3. The Hall–Kier alpha value is -5.44. The van der Waals surface area contributed by atoms with Gasteiger partial charge in [0.25, 0.3) is 5.91 Å². The maximum atomic E-state index is 12.7. The maximum Gasteiger partial charge on any atom is 0.326 e. The van der Waals surface area contributed by atoms with Crippen molar-refractivity contribution in [2.75, 3.05) is 22.6 Å². The van der Waals surface area contributed by atoms with Crippen molar-refractivity contribution in [3.05, 3.63) is 125 Å².